The average Bonchev–Trinajstić information content (AvgIpc) is 2.37. The van der Waals surface area contributed by atoms with Crippen molar-refractivity contribution in [2.45, 2.75) is 6.42 Å². The van der Waals surface area contributed by atoms with Crippen molar-refractivity contribution in [3.63, 3.8) is 0 Å². The van der Waals surface area contributed by atoms with Crippen LogP contribution < -0.4 is 0 Å². The van der Waals surface area contributed by atoms with Gasteiger partial charge in [-0.25, -0.2) is 0 Å². The molecule has 0 aromatic rings. The number of methoxy groups -OCH3 is 3. The molecule has 0 aromatic heterocycles. The second-order valence-electron chi connectivity index (χ2n) is 3.20. The average molecular weight is 244 g/mol. The highest BCUT2D eigenvalue weighted by Gasteiger charge is 2.33. The SMILES string of the molecule is C=CC(CC(C(=O)OC)C(=O)OC)C(=O)OC. The molecule has 0 amide bonds. The van der Waals surface area contributed by atoms with E-state index in [0.29, 0.717) is 0 Å². The number of ether oxygens (including phenoxy) is 3. The summed E-state index contributed by atoms with van der Waals surface area (Å²) in [7, 11) is 3.52. The van der Waals surface area contributed by atoms with Gasteiger partial charge in [-0.15, -0.1) is 6.58 Å². The summed E-state index contributed by atoms with van der Waals surface area (Å²) in [5, 5.41) is 0. The molecule has 0 bridgehead atoms. The molecule has 0 rings (SSSR count). The zero-order valence-corrected chi connectivity index (χ0v) is 10.1. The van der Waals surface area contributed by atoms with E-state index in [1.165, 1.54) is 13.2 Å². The Bertz CT molecular complexity index is 293. The molecule has 0 aliphatic rings. The van der Waals surface area contributed by atoms with Gasteiger partial charge in [0.2, 0.25) is 0 Å². The summed E-state index contributed by atoms with van der Waals surface area (Å²) < 4.78 is 13.5. The van der Waals surface area contributed by atoms with Crippen molar-refractivity contribution in [3.8, 4) is 0 Å². The number of hydrogen-bond donors (Lipinski definition) is 0. The quantitative estimate of drug-likeness (QED) is 0.289. The zero-order chi connectivity index (χ0) is 13.4. The van der Waals surface area contributed by atoms with Crippen molar-refractivity contribution >= 4 is 17.9 Å². The van der Waals surface area contributed by atoms with E-state index >= 15 is 0 Å². The normalized spacial score (nSPS) is 11.5. The molecule has 0 aliphatic carbocycles. The van der Waals surface area contributed by atoms with Crippen molar-refractivity contribution in [1.29, 1.82) is 0 Å². The standard InChI is InChI=1S/C11H16O6/c1-5-7(9(12)15-2)6-8(10(13)16-3)11(14)17-4/h5,7-8H,1,6H2,2-4H3. The maximum Gasteiger partial charge on any atom is 0.320 e. The minimum absolute atomic E-state index is 0.0878. The van der Waals surface area contributed by atoms with E-state index in [1.54, 1.807) is 0 Å². The number of esters is 3. The van der Waals surface area contributed by atoms with Crippen LogP contribution in [-0.4, -0.2) is 39.2 Å². The van der Waals surface area contributed by atoms with Crippen LogP contribution in [0.1, 0.15) is 6.42 Å². The van der Waals surface area contributed by atoms with Crippen LogP contribution in [0.4, 0.5) is 0 Å². The fourth-order valence-electron chi connectivity index (χ4n) is 1.27. The molecule has 6 heteroatoms. The molecule has 17 heavy (non-hydrogen) atoms. The Morgan fingerprint density at radius 3 is 1.71 bits per heavy atom. The van der Waals surface area contributed by atoms with E-state index in [0.717, 1.165) is 14.2 Å². The van der Waals surface area contributed by atoms with Gasteiger partial charge in [-0.1, -0.05) is 6.08 Å². The van der Waals surface area contributed by atoms with Crippen LogP contribution in [0.3, 0.4) is 0 Å². The molecule has 0 N–H and O–H groups in total. The van der Waals surface area contributed by atoms with Gasteiger partial charge in [0.25, 0.3) is 0 Å². The van der Waals surface area contributed by atoms with Gasteiger partial charge in [-0.3, -0.25) is 14.4 Å². The highest BCUT2D eigenvalue weighted by molar-refractivity contribution is 5.95. The minimum atomic E-state index is -1.16. The van der Waals surface area contributed by atoms with Gasteiger partial charge in [0, 0.05) is 0 Å². The lowest BCUT2D eigenvalue weighted by Crippen LogP contribution is -2.30. The summed E-state index contributed by atoms with van der Waals surface area (Å²) in [6.07, 6.45) is 1.22. The summed E-state index contributed by atoms with van der Waals surface area (Å²) in [6.45, 7) is 3.45. The monoisotopic (exact) mass is 244 g/mol. The number of carbonyl (C=O) groups excluding carboxylic acids is 3. The topological polar surface area (TPSA) is 78.9 Å². The predicted octanol–water partition coefficient (Wildman–Crippen LogP) is 0.314. The molecule has 6 nitrogen and oxygen atoms in total. The lowest BCUT2D eigenvalue weighted by atomic mass is 9.94. The summed E-state index contributed by atoms with van der Waals surface area (Å²) >= 11 is 0. The molecule has 0 heterocycles. The summed E-state index contributed by atoms with van der Waals surface area (Å²) in [4.78, 5) is 34.0. The van der Waals surface area contributed by atoms with Crippen LogP contribution in [0.5, 0.6) is 0 Å². The van der Waals surface area contributed by atoms with E-state index in [2.05, 4.69) is 20.8 Å². The Hall–Kier alpha value is -1.85. The van der Waals surface area contributed by atoms with Crippen LogP contribution >= 0.6 is 0 Å². The van der Waals surface area contributed by atoms with Gasteiger partial charge in [0.15, 0.2) is 5.92 Å². The summed E-state index contributed by atoms with van der Waals surface area (Å²) in [5.74, 6) is -4.01. The van der Waals surface area contributed by atoms with Crippen molar-refractivity contribution < 1.29 is 28.6 Å². The third-order valence-electron chi connectivity index (χ3n) is 2.25. The molecule has 0 saturated carbocycles. The van der Waals surface area contributed by atoms with E-state index in [-0.39, 0.29) is 6.42 Å². The van der Waals surface area contributed by atoms with E-state index in [9.17, 15) is 14.4 Å². The molecule has 0 radical (unpaired) electrons. The van der Waals surface area contributed by atoms with E-state index in [4.69, 9.17) is 0 Å². The lowest BCUT2D eigenvalue weighted by Gasteiger charge is -2.16. The molecule has 1 unspecified atom stereocenters. The third kappa shape index (κ3) is 4.26. The number of rotatable bonds is 6. The largest absolute Gasteiger partial charge is 0.469 e. The van der Waals surface area contributed by atoms with Crippen LogP contribution in [0.25, 0.3) is 0 Å². The van der Waals surface area contributed by atoms with Crippen molar-refractivity contribution in [3.05, 3.63) is 12.7 Å². The van der Waals surface area contributed by atoms with Crippen LogP contribution in [-0.2, 0) is 28.6 Å². The zero-order valence-electron chi connectivity index (χ0n) is 10.1. The van der Waals surface area contributed by atoms with Gasteiger partial charge in [0.1, 0.15) is 0 Å². The first-order valence-corrected chi connectivity index (χ1v) is 4.87. The van der Waals surface area contributed by atoms with Crippen LogP contribution in [0.15, 0.2) is 12.7 Å². The fraction of sp³-hybridized carbons (Fsp3) is 0.545. The molecule has 0 fully saturated rings. The highest BCUT2D eigenvalue weighted by Crippen LogP contribution is 2.17. The fourth-order valence-corrected chi connectivity index (χ4v) is 1.27. The lowest BCUT2D eigenvalue weighted by molar-refractivity contribution is -0.160. The maximum absolute atomic E-state index is 11.4. The smallest absolute Gasteiger partial charge is 0.320 e. The van der Waals surface area contributed by atoms with Crippen LogP contribution in [0, 0.1) is 11.8 Å². The number of hydrogen-bond acceptors (Lipinski definition) is 6. The Balaban J connectivity index is 4.83. The first-order valence-electron chi connectivity index (χ1n) is 4.87. The molecule has 0 aromatic carbocycles. The molecule has 0 spiro atoms. The molecular formula is C11H16O6. The first kappa shape index (κ1) is 15.2. The van der Waals surface area contributed by atoms with E-state index < -0.39 is 29.7 Å². The second kappa shape index (κ2) is 7.43. The molecule has 0 aliphatic heterocycles. The Morgan fingerprint density at radius 2 is 1.41 bits per heavy atom. The van der Waals surface area contributed by atoms with Gasteiger partial charge < -0.3 is 14.2 Å². The van der Waals surface area contributed by atoms with Crippen molar-refractivity contribution in [1.82, 2.24) is 0 Å². The van der Waals surface area contributed by atoms with E-state index in [1.807, 2.05) is 0 Å². The first-order chi connectivity index (χ1) is 8.01. The second-order valence-corrected chi connectivity index (χ2v) is 3.20. The van der Waals surface area contributed by atoms with Gasteiger partial charge in [-0.2, -0.15) is 0 Å². The maximum atomic E-state index is 11.4. The molecule has 0 saturated heterocycles. The Labute approximate surface area is 99.5 Å². The minimum Gasteiger partial charge on any atom is -0.469 e. The van der Waals surface area contributed by atoms with Gasteiger partial charge in [-0.05, 0) is 6.42 Å². The predicted molar refractivity (Wildman–Crippen MR) is 57.8 cm³/mol. The molecular weight excluding hydrogens is 228 g/mol. The molecule has 1 atom stereocenters. The van der Waals surface area contributed by atoms with Crippen LogP contribution in [0.2, 0.25) is 0 Å². The van der Waals surface area contributed by atoms with Gasteiger partial charge >= 0.3 is 17.9 Å². The summed E-state index contributed by atoms with van der Waals surface area (Å²) in [5.41, 5.74) is 0. The highest BCUT2D eigenvalue weighted by atomic mass is 16.5. The Kier molecular flexibility index (Phi) is 6.62. The number of carbonyl (C=O) groups is 3. The summed E-state index contributed by atoms with van der Waals surface area (Å²) in [6, 6.07) is 0. The third-order valence-corrected chi connectivity index (χ3v) is 2.25. The van der Waals surface area contributed by atoms with Crippen molar-refractivity contribution in [2.75, 3.05) is 21.3 Å². The Morgan fingerprint density at radius 1 is 1.00 bits per heavy atom. The van der Waals surface area contributed by atoms with Gasteiger partial charge in [0.05, 0.1) is 27.2 Å². The van der Waals surface area contributed by atoms with Crippen molar-refractivity contribution in [2.24, 2.45) is 11.8 Å². The molecule has 96 valence electrons.